The molecule has 2 nitrogen and oxygen atoms in total. The Morgan fingerprint density at radius 1 is 1.25 bits per heavy atom. The molecule has 0 aliphatic heterocycles. The normalized spacial score (nSPS) is 12.4. The molecule has 108 valence electrons. The quantitative estimate of drug-likeness (QED) is 0.705. The lowest BCUT2D eigenvalue weighted by atomic mass is 10.0. The minimum atomic E-state index is 0.169. The molecule has 0 aliphatic rings. The fraction of sp³-hybridized carbons (Fsp3) is 0.333. The van der Waals surface area contributed by atoms with Gasteiger partial charge in [-0.1, -0.05) is 22.9 Å². The van der Waals surface area contributed by atoms with Crippen LogP contribution in [0, 0.1) is 0 Å². The monoisotopic (exact) mass is 417 g/mol. The van der Waals surface area contributed by atoms with Crippen LogP contribution in [0.1, 0.15) is 23.8 Å². The summed E-state index contributed by atoms with van der Waals surface area (Å²) in [4.78, 5) is 1.20. The molecule has 0 aliphatic carbocycles. The number of hydrogen-bond acceptors (Lipinski definition) is 3. The highest BCUT2D eigenvalue weighted by molar-refractivity contribution is 9.10. The van der Waals surface area contributed by atoms with Crippen LogP contribution in [-0.2, 0) is 13.0 Å². The van der Waals surface area contributed by atoms with Gasteiger partial charge in [0.1, 0.15) is 12.4 Å². The summed E-state index contributed by atoms with van der Waals surface area (Å²) < 4.78 is 8.11. The molecule has 0 amide bonds. The summed E-state index contributed by atoms with van der Waals surface area (Å²) in [5, 5.41) is 2.06. The Hall–Kier alpha value is -0.360. The topological polar surface area (TPSA) is 35.2 Å². The van der Waals surface area contributed by atoms with Gasteiger partial charge in [0.25, 0.3) is 0 Å². The van der Waals surface area contributed by atoms with Gasteiger partial charge in [-0.2, -0.15) is 0 Å². The van der Waals surface area contributed by atoms with E-state index in [1.165, 1.54) is 4.88 Å². The number of halogens is 2. The molecule has 1 aromatic heterocycles. The smallest absolute Gasteiger partial charge is 0.123 e. The van der Waals surface area contributed by atoms with Gasteiger partial charge in [-0.15, -0.1) is 11.3 Å². The Kier molecular flexibility index (Phi) is 6.08. The van der Waals surface area contributed by atoms with Gasteiger partial charge in [0.05, 0.1) is 0 Å². The number of hydrogen-bond donors (Lipinski definition) is 1. The molecule has 2 N–H and O–H groups in total. The first-order valence-corrected chi connectivity index (χ1v) is 8.94. The van der Waals surface area contributed by atoms with Gasteiger partial charge in [-0.25, -0.2) is 0 Å². The molecule has 1 heterocycles. The molecule has 2 rings (SSSR count). The van der Waals surface area contributed by atoms with Crippen molar-refractivity contribution in [2.75, 3.05) is 0 Å². The Labute approximate surface area is 140 Å². The second-order valence-electron chi connectivity index (χ2n) is 4.64. The maximum atomic E-state index is 6.06. The van der Waals surface area contributed by atoms with Gasteiger partial charge < -0.3 is 10.5 Å². The summed E-state index contributed by atoms with van der Waals surface area (Å²) in [6.07, 6.45) is 1.79. The predicted octanol–water partition coefficient (Wildman–Crippen LogP) is 5.13. The van der Waals surface area contributed by atoms with Crippen LogP contribution in [0.4, 0.5) is 0 Å². The van der Waals surface area contributed by atoms with E-state index in [0.717, 1.165) is 33.1 Å². The number of ether oxygens (including phenoxy) is 1. The Balaban J connectivity index is 2.09. The average molecular weight is 419 g/mol. The predicted molar refractivity (Wildman–Crippen MR) is 92.5 cm³/mol. The van der Waals surface area contributed by atoms with E-state index in [2.05, 4.69) is 56.3 Å². The zero-order valence-electron chi connectivity index (χ0n) is 11.2. The van der Waals surface area contributed by atoms with E-state index in [4.69, 9.17) is 10.5 Å². The van der Waals surface area contributed by atoms with Crippen molar-refractivity contribution in [2.24, 2.45) is 5.73 Å². The van der Waals surface area contributed by atoms with Crippen LogP contribution in [0.5, 0.6) is 5.75 Å². The third kappa shape index (κ3) is 4.58. The molecule has 1 unspecified atom stereocenters. The first-order chi connectivity index (χ1) is 9.58. The summed E-state index contributed by atoms with van der Waals surface area (Å²) in [7, 11) is 0. The van der Waals surface area contributed by atoms with Crippen molar-refractivity contribution in [1.82, 2.24) is 0 Å². The van der Waals surface area contributed by atoms with Gasteiger partial charge >= 0.3 is 0 Å². The van der Waals surface area contributed by atoms with E-state index in [1.807, 2.05) is 12.1 Å². The van der Waals surface area contributed by atoms with Crippen molar-refractivity contribution >= 4 is 43.2 Å². The molecule has 0 saturated heterocycles. The molecular formula is C15H17Br2NOS. The second kappa shape index (κ2) is 7.59. The zero-order valence-corrected chi connectivity index (χ0v) is 15.2. The molecular weight excluding hydrogens is 402 g/mol. The van der Waals surface area contributed by atoms with E-state index >= 15 is 0 Å². The Morgan fingerprint density at radius 2 is 2.05 bits per heavy atom. The molecule has 0 bridgehead atoms. The molecule has 0 fully saturated rings. The highest BCUT2D eigenvalue weighted by atomic mass is 79.9. The molecule has 0 radical (unpaired) electrons. The lowest BCUT2D eigenvalue weighted by molar-refractivity contribution is 0.305. The van der Waals surface area contributed by atoms with Gasteiger partial charge in [0.2, 0.25) is 0 Å². The van der Waals surface area contributed by atoms with Crippen LogP contribution < -0.4 is 10.5 Å². The molecule has 1 atom stereocenters. The van der Waals surface area contributed by atoms with Crippen molar-refractivity contribution in [3.63, 3.8) is 0 Å². The Morgan fingerprint density at radius 3 is 2.70 bits per heavy atom. The number of rotatable bonds is 6. The SMILES string of the molecule is CCC(N)Cc1cc(Br)ccc1OCc1cc(Br)cs1. The fourth-order valence-corrected chi connectivity index (χ4v) is 3.62. The largest absolute Gasteiger partial charge is 0.488 e. The van der Waals surface area contributed by atoms with E-state index in [1.54, 1.807) is 11.3 Å². The zero-order chi connectivity index (χ0) is 14.5. The lowest BCUT2D eigenvalue weighted by Gasteiger charge is -2.14. The molecule has 0 saturated carbocycles. The minimum absolute atomic E-state index is 0.169. The maximum absolute atomic E-state index is 6.06. The van der Waals surface area contributed by atoms with Crippen molar-refractivity contribution < 1.29 is 4.74 Å². The first-order valence-electron chi connectivity index (χ1n) is 6.48. The summed E-state index contributed by atoms with van der Waals surface area (Å²) in [6, 6.07) is 8.35. The summed E-state index contributed by atoms with van der Waals surface area (Å²) >= 11 is 8.65. The summed E-state index contributed by atoms with van der Waals surface area (Å²) in [5.74, 6) is 0.918. The minimum Gasteiger partial charge on any atom is -0.488 e. The molecule has 20 heavy (non-hydrogen) atoms. The fourth-order valence-electron chi connectivity index (χ4n) is 1.85. The third-order valence-corrected chi connectivity index (χ3v) is 5.19. The van der Waals surface area contributed by atoms with E-state index < -0.39 is 0 Å². The number of nitrogens with two attached hydrogens (primary N) is 1. The third-order valence-electron chi connectivity index (χ3n) is 3.02. The van der Waals surface area contributed by atoms with Crippen molar-refractivity contribution in [2.45, 2.75) is 32.4 Å². The van der Waals surface area contributed by atoms with Gasteiger partial charge in [0, 0.05) is 25.2 Å². The van der Waals surface area contributed by atoms with E-state index in [0.29, 0.717) is 6.61 Å². The molecule has 0 spiro atoms. The Bertz CT molecular complexity index is 571. The second-order valence-corrected chi connectivity index (χ2v) is 7.47. The maximum Gasteiger partial charge on any atom is 0.123 e. The van der Waals surface area contributed by atoms with Crippen LogP contribution in [0.25, 0.3) is 0 Å². The number of thiophene rings is 1. The van der Waals surface area contributed by atoms with Crippen molar-refractivity contribution in [1.29, 1.82) is 0 Å². The van der Waals surface area contributed by atoms with Crippen LogP contribution in [0.3, 0.4) is 0 Å². The van der Waals surface area contributed by atoms with Crippen LogP contribution in [-0.4, -0.2) is 6.04 Å². The lowest BCUT2D eigenvalue weighted by Crippen LogP contribution is -2.21. The van der Waals surface area contributed by atoms with Crippen LogP contribution >= 0.6 is 43.2 Å². The molecule has 2 aromatic rings. The standard InChI is InChI=1S/C15H17Br2NOS/c1-2-13(18)6-10-5-11(16)3-4-15(10)19-8-14-7-12(17)9-20-14/h3-5,7,9,13H,2,6,8,18H2,1H3. The van der Waals surface area contributed by atoms with Gasteiger partial charge in [0.15, 0.2) is 0 Å². The van der Waals surface area contributed by atoms with Crippen molar-refractivity contribution in [3.05, 3.63) is 49.0 Å². The van der Waals surface area contributed by atoms with Crippen LogP contribution in [0.15, 0.2) is 38.6 Å². The number of benzene rings is 1. The highest BCUT2D eigenvalue weighted by Gasteiger charge is 2.09. The van der Waals surface area contributed by atoms with Gasteiger partial charge in [-0.05, 0) is 58.6 Å². The van der Waals surface area contributed by atoms with Crippen molar-refractivity contribution in [3.8, 4) is 5.75 Å². The average Bonchev–Trinajstić information content (AvgIpc) is 2.83. The first kappa shape index (κ1) is 16.0. The van der Waals surface area contributed by atoms with E-state index in [-0.39, 0.29) is 6.04 Å². The highest BCUT2D eigenvalue weighted by Crippen LogP contribution is 2.27. The summed E-state index contributed by atoms with van der Waals surface area (Å²) in [6.45, 7) is 2.69. The van der Waals surface area contributed by atoms with Crippen LogP contribution in [0.2, 0.25) is 0 Å². The van der Waals surface area contributed by atoms with Gasteiger partial charge in [-0.3, -0.25) is 0 Å². The molecule has 1 aromatic carbocycles. The molecule has 5 heteroatoms. The summed E-state index contributed by atoms with van der Waals surface area (Å²) in [5.41, 5.74) is 7.22. The van der Waals surface area contributed by atoms with E-state index in [9.17, 15) is 0 Å².